The van der Waals surface area contributed by atoms with Crippen molar-refractivity contribution in [1.29, 1.82) is 0 Å². The van der Waals surface area contributed by atoms with E-state index < -0.39 is 0 Å². The van der Waals surface area contributed by atoms with Crippen LogP contribution in [0.15, 0.2) is 0 Å². The highest BCUT2D eigenvalue weighted by molar-refractivity contribution is 7.99. The Balaban J connectivity index is 1.40. The lowest BCUT2D eigenvalue weighted by atomic mass is 9.71. The first-order chi connectivity index (χ1) is 9.30. The molecule has 2 heteroatoms. The van der Waals surface area contributed by atoms with E-state index in [0.717, 1.165) is 22.7 Å². The predicted octanol–water partition coefficient (Wildman–Crippen LogP) is 4.75. The maximum Gasteiger partial charge on any atom is 0.00704 e. The summed E-state index contributed by atoms with van der Waals surface area (Å²) in [5.74, 6) is 0. The average Bonchev–Trinajstić information content (AvgIpc) is 2.91. The molecule has 1 spiro atoms. The molecule has 0 bridgehead atoms. The molecule has 0 amide bonds. The second-order valence-corrected chi connectivity index (χ2v) is 8.50. The summed E-state index contributed by atoms with van der Waals surface area (Å²) in [6.45, 7) is 0. The number of hydrogen-bond donors (Lipinski definition) is 1. The summed E-state index contributed by atoms with van der Waals surface area (Å²) < 4.78 is 0. The van der Waals surface area contributed by atoms with Crippen molar-refractivity contribution in [2.24, 2.45) is 5.41 Å². The molecule has 0 radical (unpaired) electrons. The van der Waals surface area contributed by atoms with Crippen LogP contribution in [0.4, 0.5) is 0 Å². The predicted molar refractivity (Wildman–Crippen MR) is 85.9 cm³/mol. The van der Waals surface area contributed by atoms with E-state index in [1.54, 1.807) is 12.8 Å². The fraction of sp³-hybridized carbons (Fsp3) is 1.00. The van der Waals surface area contributed by atoms with Crippen LogP contribution >= 0.6 is 11.8 Å². The van der Waals surface area contributed by atoms with Crippen LogP contribution in [0.2, 0.25) is 0 Å². The lowest BCUT2D eigenvalue weighted by molar-refractivity contribution is 0.158. The van der Waals surface area contributed by atoms with E-state index in [0.29, 0.717) is 0 Å². The Hall–Kier alpha value is 0.310. The number of nitrogens with one attached hydrogen (secondary N) is 1. The van der Waals surface area contributed by atoms with Gasteiger partial charge in [-0.05, 0) is 75.9 Å². The Morgan fingerprint density at radius 1 is 0.789 bits per heavy atom. The third-order valence-electron chi connectivity index (χ3n) is 6.19. The van der Waals surface area contributed by atoms with Crippen LogP contribution in [0.1, 0.15) is 77.0 Å². The van der Waals surface area contributed by atoms with E-state index in [1.807, 2.05) is 0 Å². The molecule has 0 heterocycles. The SMILES string of the molecule is CSC1CCC(NC2CCC3(CCCC3)CC2)CC1. The van der Waals surface area contributed by atoms with E-state index in [1.165, 1.54) is 64.2 Å². The summed E-state index contributed by atoms with van der Waals surface area (Å²) in [4.78, 5) is 0. The molecule has 1 nitrogen and oxygen atoms in total. The normalized spacial score (nSPS) is 35.8. The number of hydrogen-bond acceptors (Lipinski definition) is 2. The molecule has 3 fully saturated rings. The fourth-order valence-electron chi connectivity index (χ4n) is 4.82. The van der Waals surface area contributed by atoms with E-state index in [4.69, 9.17) is 0 Å². The van der Waals surface area contributed by atoms with Crippen molar-refractivity contribution in [2.75, 3.05) is 6.26 Å². The van der Waals surface area contributed by atoms with Gasteiger partial charge < -0.3 is 5.32 Å². The van der Waals surface area contributed by atoms with Crippen molar-refractivity contribution < 1.29 is 0 Å². The Bertz CT molecular complexity index is 267. The zero-order chi connectivity index (χ0) is 13.1. The zero-order valence-corrected chi connectivity index (χ0v) is 13.4. The molecule has 3 aliphatic rings. The summed E-state index contributed by atoms with van der Waals surface area (Å²) in [5, 5.41) is 4.95. The molecule has 1 N–H and O–H groups in total. The summed E-state index contributed by atoms with van der Waals surface area (Å²) >= 11 is 2.08. The molecule has 0 aliphatic heterocycles. The van der Waals surface area contributed by atoms with Crippen LogP contribution < -0.4 is 5.32 Å². The van der Waals surface area contributed by atoms with E-state index in [-0.39, 0.29) is 0 Å². The molecule has 3 aliphatic carbocycles. The van der Waals surface area contributed by atoms with Gasteiger partial charge in [0.15, 0.2) is 0 Å². The third kappa shape index (κ3) is 3.50. The van der Waals surface area contributed by atoms with Crippen LogP contribution in [-0.4, -0.2) is 23.6 Å². The Morgan fingerprint density at radius 3 is 1.95 bits per heavy atom. The number of rotatable bonds is 3. The average molecular weight is 282 g/mol. The largest absolute Gasteiger partial charge is 0.311 e. The quantitative estimate of drug-likeness (QED) is 0.801. The molecule has 0 aromatic rings. The molecule has 0 aromatic carbocycles. The van der Waals surface area contributed by atoms with Gasteiger partial charge in [-0.3, -0.25) is 0 Å². The van der Waals surface area contributed by atoms with Crippen LogP contribution in [0.3, 0.4) is 0 Å². The lowest BCUT2D eigenvalue weighted by Crippen LogP contribution is -2.44. The van der Waals surface area contributed by atoms with Gasteiger partial charge >= 0.3 is 0 Å². The zero-order valence-electron chi connectivity index (χ0n) is 12.6. The Kier molecular flexibility index (Phi) is 4.79. The minimum atomic E-state index is 0.800. The molecular weight excluding hydrogens is 250 g/mol. The topological polar surface area (TPSA) is 12.0 Å². The van der Waals surface area contributed by atoms with Gasteiger partial charge in [0, 0.05) is 17.3 Å². The molecule has 0 saturated heterocycles. The monoisotopic (exact) mass is 281 g/mol. The molecule has 0 atom stereocenters. The van der Waals surface area contributed by atoms with Gasteiger partial charge in [-0.2, -0.15) is 11.8 Å². The van der Waals surface area contributed by atoms with Crippen molar-refractivity contribution in [3.8, 4) is 0 Å². The highest BCUT2D eigenvalue weighted by atomic mass is 32.2. The summed E-state index contributed by atoms with van der Waals surface area (Å²) in [6, 6.07) is 1.69. The van der Waals surface area contributed by atoms with Gasteiger partial charge in [0.05, 0.1) is 0 Å². The first-order valence-electron chi connectivity index (χ1n) is 8.59. The van der Waals surface area contributed by atoms with E-state index in [2.05, 4.69) is 23.3 Å². The minimum absolute atomic E-state index is 0.800. The first-order valence-corrected chi connectivity index (χ1v) is 9.87. The van der Waals surface area contributed by atoms with Gasteiger partial charge in [0.2, 0.25) is 0 Å². The van der Waals surface area contributed by atoms with Gasteiger partial charge in [0.1, 0.15) is 0 Å². The van der Waals surface area contributed by atoms with Crippen molar-refractivity contribution >= 4 is 11.8 Å². The minimum Gasteiger partial charge on any atom is -0.311 e. The summed E-state index contributed by atoms with van der Waals surface area (Å²) in [7, 11) is 0. The molecular formula is C17H31NS. The van der Waals surface area contributed by atoms with Crippen LogP contribution in [0.25, 0.3) is 0 Å². The van der Waals surface area contributed by atoms with Crippen LogP contribution in [0, 0.1) is 5.41 Å². The second-order valence-electron chi connectivity index (χ2n) is 7.36. The molecule has 0 unspecified atom stereocenters. The van der Waals surface area contributed by atoms with Crippen molar-refractivity contribution in [1.82, 2.24) is 5.32 Å². The Morgan fingerprint density at radius 2 is 1.37 bits per heavy atom. The second kappa shape index (κ2) is 6.39. The van der Waals surface area contributed by atoms with Gasteiger partial charge in [-0.1, -0.05) is 12.8 Å². The fourth-order valence-corrected chi connectivity index (χ4v) is 5.56. The van der Waals surface area contributed by atoms with Crippen molar-refractivity contribution in [2.45, 2.75) is 94.4 Å². The summed E-state index contributed by atoms with van der Waals surface area (Å²) in [6.07, 6.45) is 20.1. The maximum atomic E-state index is 4.00. The number of thioether (sulfide) groups is 1. The van der Waals surface area contributed by atoms with Crippen molar-refractivity contribution in [3.05, 3.63) is 0 Å². The molecule has 0 aromatic heterocycles. The highest BCUT2D eigenvalue weighted by Crippen LogP contribution is 2.49. The third-order valence-corrected chi connectivity index (χ3v) is 7.33. The van der Waals surface area contributed by atoms with Gasteiger partial charge in [-0.25, -0.2) is 0 Å². The van der Waals surface area contributed by atoms with E-state index in [9.17, 15) is 0 Å². The van der Waals surface area contributed by atoms with Crippen LogP contribution in [0.5, 0.6) is 0 Å². The van der Waals surface area contributed by atoms with Crippen molar-refractivity contribution in [3.63, 3.8) is 0 Å². The summed E-state index contributed by atoms with van der Waals surface area (Å²) in [5.41, 5.74) is 0.800. The van der Waals surface area contributed by atoms with Gasteiger partial charge in [0.25, 0.3) is 0 Å². The molecule has 110 valence electrons. The molecule has 3 saturated carbocycles. The molecule has 19 heavy (non-hydrogen) atoms. The standard InChI is InChI=1S/C17H31NS/c1-19-16-6-4-14(5-7-16)18-15-8-12-17(13-9-15)10-2-3-11-17/h14-16,18H,2-13H2,1H3. The maximum absolute atomic E-state index is 4.00. The molecule has 3 rings (SSSR count). The first kappa shape index (κ1) is 14.3. The van der Waals surface area contributed by atoms with Gasteiger partial charge in [-0.15, -0.1) is 0 Å². The van der Waals surface area contributed by atoms with E-state index >= 15 is 0 Å². The highest BCUT2D eigenvalue weighted by Gasteiger charge is 2.37. The smallest absolute Gasteiger partial charge is 0.00704 e. The van der Waals surface area contributed by atoms with Crippen LogP contribution in [-0.2, 0) is 0 Å². The Labute approximate surface area is 123 Å². The lowest BCUT2D eigenvalue weighted by Gasteiger charge is -2.40.